The van der Waals surface area contributed by atoms with Crippen LogP contribution in [0.4, 0.5) is 5.69 Å². The molecule has 0 bridgehead atoms. The molecule has 78 valence electrons. The van der Waals surface area contributed by atoms with Crippen molar-refractivity contribution in [2.24, 2.45) is 0 Å². The van der Waals surface area contributed by atoms with Crippen molar-refractivity contribution < 1.29 is 0 Å². The molecule has 14 heavy (non-hydrogen) atoms. The van der Waals surface area contributed by atoms with Gasteiger partial charge >= 0.3 is 0 Å². The van der Waals surface area contributed by atoms with Gasteiger partial charge in [-0.1, -0.05) is 15.9 Å². The number of halogens is 1. The van der Waals surface area contributed by atoms with Crippen LogP contribution in [0, 0.1) is 0 Å². The molecule has 1 rings (SSSR count). The van der Waals surface area contributed by atoms with Gasteiger partial charge in [-0.05, 0) is 37.7 Å². The van der Waals surface area contributed by atoms with Crippen molar-refractivity contribution in [3.05, 3.63) is 28.2 Å². The third-order valence-electron chi connectivity index (χ3n) is 2.29. The Morgan fingerprint density at radius 3 is 2.71 bits per heavy atom. The molecule has 3 heteroatoms. The number of anilines is 1. The lowest BCUT2D eigenvalue weighted by atomic mass is 10.1. The minimum atomic E-state index is 0.902. The van der Waals surface area contributed by atoms with Crippen molar-refractivity contribution in [3.63, 3.8) is 0 Å². The van der Waals surface area contributed by atoms with E-state index in [0.29, 0.717) is 0 Å². The zero-order chi connectivity index (χ0) is 10.6. The molecular weight excluding hydrogens is 240 g/mol. The van der Waals surface area contributed by atoms with E-state index >= 15 is 0 Å². The molecule has 0 fully saturated rings. The second kappa shape index (κ2) is 5.37. The molecule has 0 heterocycles. The fourth-order valence-corrected chi connectivity index (χ4v) is 1.84. The highest BCUT2D eigenvalue weighted by Gasteiger charge is 2.05. The van der Waals surface area contributed by atoms with Gasteiger partial charge in [0.25, 0.3) is 0 Å². The highest BCUT2D eigenvalue weighted by molar-refractivity contribution is 9.10. The number of nitrogens with one attached hydrogen (secondary N) is 1. The Morgan fingerprint density at radius 1 is 1.43 bits per heavy atom. The van der Waals surface area contributed by atoms with Crippen LogP contribution in [0.1, 0.15) is 12.5 Å². The first kappa shape index (κ1) is 11.5. The minimum Gasteiger partial charge on any atom is -0.375 e. The maximum absolute atomic E-state index is 3.49. The lowest BCUT2D eigenvalue weighted by Gasteiger charge is -2.20. The average molecular weight is 257 g/mol. The second-order valence-electron chi connectivity index (χ2n) is 3.32. The molecule has 0 unspecified atom stereocenters. The van der Waals surface area contributed by atoms with E-state index in [4.69, 9.17) is 0 Å². The van der Waals surface area contributed by atoms with Crippen molar-refractivity contribution in [3.8, 4) is 0 Å². The third-order valence-corrected chi connectivity index (χ3v) is 2.79. The van der Waals surface area contributed by atoms with E-state index in [1.165, 1.54) is 11.3 Å². The number of benzene rings is 1. The average Bonchev–Trinajstić information content (AvgIpc) is 2.17. The molecule has 0 atom stereocenters. The van der Waals surface area contributed by atoms with Crippen LogP contribution in [-0.4, -0.2) is 20.6 Å². The number of hydrogen-bond acceptors (Lipinski definition) is 2. The molecule has 1 aromatic carbocycles. The normalized spacial score (nSPS) is 10.3. The predicted molar refractivity (Wildman–Crippen MR) is 65.8 cm³/mol. The monoisotopic (exact) mass is 256 g/mol. The maximum Gasteiger partial charge on any atom is 0.0409 e. The summed E-state index contributed by atoms with van der Waals surface area (Å²) in [6.45, 7) is 4.09. The van der Waals surface area contributed by atoms with Gasteiger partial charge in [-0.15, -0.1) is 0 Å². The van der Waals surface area contributed by atoms with E-state index in [2.05, 4.69) is 58.3 Å². The van der Waals surface area contributed by atoms with Crippen molar-refractivity contribution in [1.82, 2.24) is 5.32 Å². The van der Waals surface area contributed by atoms with E-state index in [9.17, 15) is 0 Å². The quantitative estimate of drug-likeness (QED) is 0.892. The number of hydrogen-bond donors (Lipinski definition) is 1. The van der Waals surface area contributed by atoms with Crippen molar-refractivity contribution in [2.75, 3.05) is 25.5 Å². The smallest absolute Gasteiger partial charge is 0.0409 e. The zero-order valence-corrected chi connectivity index (χ0v) is 10.6. The molecule has 0 saturated heterocycles. The Kier molecular flexibility index (Phi) is 4.42. The largest absolute Gasteiger partial charge is 0.375 e. The Balaban J connectivity index is 3.01. The van der Waals surface area contributed by atoms with Crippen LogP contribution in [0.5, 0.6) is 0 Å². The molecule has 1 aromatic rings. The van der Waals surface area contributed by atoms with Crippen LogP contribution in [-0.2, 0) is 6.54 Å². The Morgan fingerprint density at radius 2 is 2.14 bits per heavy atom. The van der Waals surface area contributed by atoms with Gasteiger partial charge in [-0.25, -0.2) is 0 Å². The maximum atomic E-state index is 3.49. The molecule has 0 radical (unpaired) electrons. The Hall–Kier alpha value is -0.540. The predicted octanol–water partition coefficient (Wildman–Crippen LogP) is 2.62. The van der Waals surface area contributed by atoms with Crippen molar-refractivity contribution in [1.29, 1.82) is 0 Å². The highest BCUT2D eigenvalue weighted by Crippen LogP contribution is 2.23. The summed E-state index contributed by atoms with van der Waals surface area (Å²) in [4.78, 5) is 2.25. The summed E-state index contributed by atoms with van der Waals surface area (Å²) in [6, 6.07) is 6.40. The van der Waals surface area contributed by atoms with Crippen LogP contribution >= 0.6 is 15.9 Å². The van der Waals surface area contributed by atoms with Gasteiger partial charge in [0.2, 0.25) is 0 Å². The van der Waals surface area contributed by atoms with Crippen LogP contribution < -0.4 is 10.2 Å². The summed E-state index contributed by atoms with van der Waals surface area (Å²) in [7, 11) is 4.08. The topological polar surface area (TPSA) is 15.3 Å². The summed E-state index contributed by atoms with van der Waals surface area (Å²) in [5.74, 6) is 0. The van der Waals surface area contributed by atoms with Gasteiger partial charge < -0.3 is 10.2 Å². The summed E-state index contributed by atoms with van der Waals surface area (Å²) in [5.41, 5.74) is 2.62. The van der Waals surface area contributed by atoms with Crippen LogP contribution in [0.15, 0.2) is 22.7 Å². The summed E-state index contributed by atoms with van der Waals surface area (Å²) in [5, 5.41) is 3.18. The summed E-state index contributed by atoms with van der Waals surface area (Å²) in [6.07, 6.45) is 0. The van der Waals surface area contributed by atoms with Gasteiger partial charge in [0.05, 0.1) is 0 Å². The molecule has 0 spiro atoms. The van der Waals surface area contributed by atoms with E-state index in [-0.39, 0.29) is 0 Å². The van der Waals surface area contributed by atoms with Gasteiger partial charge in [-0.3, -0.25) is 0 Å². The van der Waals surface area contributed by atoms with E-state index in [1.807, 2.05) is 7.05 Å². The van der Waals surface area contributed by atoms with Crippen LogP contribution in [0.25, 0.3) is 0 Å². The highest BCUT2D eigenvalue weighted by atomic mass is 79.9. The summed E-state index contributed by atoms with van der Waals surface area (Å²) >= 11 is 3.49. The van der Waals surface area contributed by atoms with E-state index < -0.39 is 0 Å². The third kappa shape index (κ3) is 2.72. The molecule has 2 nitrogen and oxygen atoms in total. The van der Waals surface area contributed by atoms with Gasteiger partial charge in [0.15, 0.2) is 0 Å². The summed E-state index contributed by atoms with van der Waals surface area (Å²) < 4.78 is 1.14. The fourth-order valence-electron chi connectivity index (χ4n) is 1.43. The zero-order valence-electron chi connectivity index (χ0n) is 8.97. The molecule has 0 amide bonds. The second-order valence-corrected chi connectivity index (χ2v) is 4.23. The first-order valence-electron chi connectivity index (χ1n) is 4.83. The molecular formula is C11H17BrN2. The SMILES string of the molecule is CCN(C)c1ccc(Br)cc1CNC. The first-order chi connectivity index (χ1) is 6.69. The van der Waals surface area contributed by atoms with E-state index in [0.717, 1.165) is 17.6 Å². The first-order valence-corrected chi connectivity index (χ1v) is 5.62. The molecule has 0 aliphatic rings. The number of nitrogens with zero attached hydrogens (tertiary/aromatic N) is 1. The lowest BCUT2D eigenvalue weighted by molar-refractivity contribution is 0.809. The molecule has 0 aliphatic carbocycles. The minimum absolute atomic E-state index is 0.902. The Bertz CT molecular complexity index is 299. The van der Waals surface area contributed by atoms with Crippen molar-refractivity contribution in [2.45, 2.75) is 13.5 Å². The molecule has 0 aromatic heterocycles. The number of rotatable bonds is 4. The molecule has 1 N–H and O–H groups in total. The van der Waals surface area contributed by atoms with Gasteiger partial charge in [-0.2, -0.15) is 0 Å². The molecule has 0 saturated carbocycles. The lowest BCUT2D eigenvalue weighted by Crippen LogP contribution is -2.19. The van der Waals surface area contributed by atoms with E-state index in [1.54, 1.807) is 0 Å². The standard InChI is InChI=1S/C11H17BrN2/c1-4-14(3)11-6-5-10(12)7-9(11)8-13-2/h5-7,13H,4,8H2,1-3H3. The fraction of sp³-hybridized carbons (Fsp3) is 0.455. The van der Waals surface area contributed by atoms with Crippen LogP contribution in [0.3, 0.4) is 0 Å². The Labute approximate surface area is 94.4 Å². The van der Waals surface area contributed by atoms with Crippen molar-refractivity contribution >= 4 is 21.6 Å². The van der Waals surface area contributed by atoms with Crippen LogP contribution in [0.2, 0.25) is 0 Å². The van der Waals surface area contributed by atoms with Gasteiger partial charge in [0.1, 0.15) is 0 Å². The molecule has 0 aliphatic heterocycles. The van der Waals surface area contributed by atoms with Gasteiger partial charge in [0, 0.05) is 30.3 Å².